The van der Waals surface area contributed by atoms with E-state index in [2.05, 4.69) is 6.07 Å². The van der Waals surface area contributed by atoms with Gasteiger partial charge in [-0.15, -0.1) is 11.8 Å². The summed E-state index contributed by atoms with van der Waals surface area (Å²) in [7, 11) is 0. The van der Waals surface area contributed by atoms with E-state index in [1.807, 2.05) is 36.0 Å². The second-order valence-corrected chi connectivity index (χ2v) is 5.88. The van der Waals surface area contributed by atoms with Crippen molar-refractivity contribution in [3.05, 3.63) is 29.3 Å². The molecule has 0 bridgehead atoms. The molecule has 1 nitrogen and oxygen atoms in total. The van der Waals surface area contributed by atoms with E-state index in [1.54, 1.807) is 0 Å². The van der Waals surface area contributed by atoms with Crippen molar-refractivity contribution < 1.29 is 0 Å². The van der Waals surface area contributed by atoms with Crippen molar-refractivity contribution in [3.8, 4) is 6.07 Å². The van der Waals surface area contributed by atoms with Crippen LogP contribution in [0.15, 0.2) is 29.2 Å². The van der Waals surface area contributed by atoms with Gasteiger partial charge in [-0.2, -0.15) is 5.26 Å². The van der Waals surface area contributed by atoms with Gasteiger partial charge in [-0.1, -0.05) is 24.4 Å². The summed E-state index contributed by atoms with van der Waals surface area (Å²) in [6, 6.07) is 10.3. The summed E-state index contributed by atoms with van der Waals surface area (Å²) in [5.41, 5.74) is 0. The van der Waals surface area contributed by atoms with Crippen molar-refractivity contribution in [3.63, 3.8) is 0 Å². The second-order valence-electron chi connectivity index (χ2n) is 4.13. The van der Waals surface area contributed by atoms with E-state index in [-0.39, 0.29) is 5.92 Å². The fourth-order valence-corrected chi connectivity index (χ4v) is 3.49. The number of hydrogen-bond acceptors (Lipinski definition) is 2. The number of benzene rings is 1. The molecule has 1 aliphatic rings. The molecule has 0 aromatic heterocycles. The van der Waals surface area contributed by atoms with Gasteiger partial charge in [0.25, 0.3) is 0 Å². The first kappa shape index (κ1) is 11.8. The number of halogens is 1. The fourth-order valence-electron chi connectivity index (χ4n) is 2.07. The minimum atomic E-state index is 0.217. The van der Waals surface area contributed by atoms with Crippen molar-refractivity contribution >= 4 is 23.4 Å². The van der Waals surface area contributed by atoms with Crippen LogP contribution < -0.4 is 0 Å². The number of thioether (sulfide) groups is 1. The van der Waals surface area contributed by atoms with Crippen LogP contribution in [0.1, 0.15) is 25.7 Å². The van der Waals surface area contributed by atoms with Gasteiger partial charge in [0.15, 0.2) is 0 Å². The number of nitriles is 1. The first-order chi connectivity index (χ1) is 7.79. The zero-order valence-electron chi connectivity index (χ0n) is 9.03. The number of nitrogens with zero attached hydrogens (tertiary/aromatic N) is 1. The van der Waals surface area contributed by atoms with E-state index in [4.69, 9.17) is 16.9 Å². The van der Waals surface area contributed by atoms with Gasteiger partial charge >= 0.3 is 0 Å². The van der Waals surface area contributed by atoms with E-state index < -0.39 is 0 Å². The van der Waals surface area contributed by atoms with Crippen LogP contribution in [0.5, 0.6) is 0 Å². The Hall–Kier alpha value is -0.650. The Kier molecular flexibility index (Phi) is 4.15. The Balaban J connectivity index is 2.02. The zero-order chi connectivity index (χ0) is 11.4. The van der Waals surface area contributed by atoms with E-state index in [0.29, 0.717) is 5.25 Å². The third-order valence-electron chi connectivity index (χ3n) is 2.97. The summed E-state index contributed by atoms with van der Waals surface area (Å²) in [5.74, 6) is 0.217. The van der Waals surface area contributed by atoms with Crippen molar-refractivity contribution in [2.75, 3.05) is 0 Å². The van der Waals surface area contributed by atoms with Crippen molar-refractivity contribution in [1.82, 2.24) is 0 Å². The third kappa shape index (κ3) is 2.93. The highest BCUT2D eigenvalue weighted by Crippen LogP contribution is 2.37. The molecule has 0 amide bonds. The molecule has 0 radical (unpaired) electrons. The van der Waals surface area contributed by atoms with Crippen molar-refractivity contribution in [2.24, 2.45) is 5.92 Å². The highest BCUT2D eigenvalue weighted by Gasteiger charge is 2.25. The third-order valence-corrected chi connectivity index (χ3v) is 4.63. The van der Waals surface area contributed by atoms with E-state index in [0.717, 1.165) is 17.9 Å². The van der Waals surface area contributed by atoms with Gasteiger partial charge < -0.3 is 0 Å². The lowest BCUT2D eigenvalue weighted by Gasteiger charge is -2.26. The number of hydrogen-bond donors (Lipinski definition) is 0. The molecule has 1 aromatic rings. The molecule has 2 rings (SSSR count). The minimum absolute atomic E-state index is 0.217. The summed E-state index contributed by atoms with van der Waals surface area (Å²) >= 11 is 7.67. The molecule has 1 fully saturated rings. The standard InChI is InChI=1S/C13H14ClNS/c14-11-5-7-12(8-6-11)16-13-4-2-1-3-10(13)9-15/h5-8,10,13H,1-4H2. The van der Waals surface area contributed by atoms with E-state index in [1.165, 1.54) is 17.7 Å². The lowest BCUT2D eigenvalue weighted by molar-refractivity contribution is 0.439. The summed E-state index contributed by atoms with van der Waals surface area (Å²) in [4.78, 5) is 1.22. The van der Waals surface area contributed by atoms with Gasteiger partial charge in [0.05, 0.1) is 12.0 Å². The molecular weight excluding hydrogens is 238 g/mol. The van der Waals surface area contributed by atoms with Gasteiger partial charge in [0.2, 0.25) is 0 Å². The zero-order valence-corrected chi connectivity index (χ0v) is 10.6. The Morgan fingerprint density at radius 1 is 1.19 bits per heavy atom. The lowest BCUT2D eigenvalue weighted by Crippen LogP contribution is -2.20. The maximum Gasteiger partial charge on any atom is 0.0667 e. The first-order valence-corrected chi connectivity index (χ1v) is 6.87. The smallest absolute Gasteiger partial charge is 0.0667 e. The maximum atomic E-state index is 9.10. The molecule has 0 heterocycles. The molecule has 1 aromatic carbocycles. The van der Waals surface area contributed by atoms with Crippen LogP contribution in [-0.4, -0.2) is 5.25 Å². The molecule has 1 aliphatic carbocycles. The SMILES string of the molecule is N#CC1CCCCC1Sc1ccc(Cl)cc1. The van der Waals surface area contributed by atoms with Crippen LogP contribution in [0.3, 0.4) is 0 Å². The highest BCUT2D eigenvalue weighted by molar-refractivity contribution is 8.00. The molecule has 2 unspecified atom stereocenters. The molecule has 16 heavy (non-hydrogen) atoms. The fraction of sp³-hybridized carbons (Fsp3) is 0.462. The Labute approximate surface area is 106 Å². The van der Waals surface area contributed by atoms with Crippen LogP contribution in [0, 0.1) is 17.2 Å². The predicted molar refractivity (Wildman–Crippen MR) is 68.7 cm³/mol. The van der Waals surface area contributed by atoms with Crippen molar-refractivity contribution in [2.45, 2.75) is 35.8 Å². The quantitative estimate of drug-likeness (QED) is 0.772. The highest BCUT2D eigenvalue weighted by atomic mass is 35.5. The molecule has 0 N–H and O–H groups in total. The lowest BCUT2D eigenvalue weighted by atomic mass is 9.90. The molecular formula is C13H14ClNS. The largest absolute Gasteiger partial charge is 0.198 e. The Bertz CT molecular complexity index is 382. The molecule has 1 saturated carbocycles. The summed E-state index contributed by atoms with van der Waals surface area (Å²) in [6.45, 7) is 0. The summed E-state index contributed by atoms with van der Waals surface area (Å²) in [5, 5.41) is 10.3. The van der Waals surface area contributed by atoms with Crippen LogP contribution in [0.4, 0.5) is 0 Å². The van der Waals surface area contributed by atoms with Gasteiger partial charge in [-0.25, -0.2) is 0 Å². The van der Waals surface area contributed by atoms with E-state index >= 15 is 0 Å². The predicted octanol–water partition coefficient (Wildman–Crippen LogP) is 4.51. The summed E-state index contributed by atoms with van der Waals surface area (Å²) < 4.78 is 0. The molecule has 0 saturated heterocycles. The normalized spacial score (nSPS) is 25.0. The molecule has 3 heteroatoms. The Morgan fingerprint density at radius 2 is 1.88 bits per heavy atom. The molecule has 0 spiro atoms. The van der Waals surface area contributed by atoms with Crippen molar-refractivity contribution in [1.29, 1.82) is 5.26 Å². The van der Waals surface area contributed by atoms with E-state index in [9.17, 15) is 0 Å². The molecule has 2 atom stereocenters. The molecule has 84 valence electrons. The minimum Gasteiger partial charge on any atom is -0.198 e. The average Bonchev–Trinajstić information content (AvgIpc) is 2.33. The number of rotatable bonds is 2. The Morgan fingerprint density at radius 3 is 2.56 bits per heavy atom. The van der Waals surface area contributed by atoms with Gasteiger partial charge in [-0.05, 0) is 37.1 Å². The maximum absolute atomic E-state index is 9.10. The van der Waals surface area contributed by atoms with Crippen LogP contribution >= 0.6 is 23.4 Å². The van der Waals surface area contributed by atoms with Crippen LogP contribution in [0.2, 0.25) is 5.02 Å². The van der Waals surface area contributed by atoms with Gasteiger partial charge in [0, 0.05) is 15.2 Å². The summed E-state index contributed by atoms with van der Waals surface area (Å²) in [6.07, 6.45) is 4.67. The monoisotopic (exact) mass is 251 g/mol. The first-order valence-electron chi connectivity index (χ1n) is 5.61. The van der Waals surface area contributed by atoms with Crippen LogP contribution in [-0.2, 0) is 0 Å². The average molecular weight is 252 g/mol. The topological polar surface area (TPSA) is 23.8 Å². The van der Waals surface area contributed by atoms with Gasteiger partial charge in [0.1, 0.15) is 0 Å². The van der Waals surface area contributed by atoms with Gasteiger partial charge in [-0.3, -0.25) is 0 Å². The second kappa shape index (κ2) is 5.61. The van der Waals surface area contributed by atoms with Crippen LogP contribution in [0.25, 0.3) is 0 Å². The molecule has 0 aliphatic heterocycles.